The van der Waals surface area contributed by atoms with Crippen LogP contribution >= 0.6 is 11.6 Å². The van der Waals surface area contributed by atoms with E-state index in [1.807, 2.05) is 23.1 Å². The summed E-state index contributed by atoms with van der Waals surface area (Å²) >= 11 is 6.27. The molecule has 1 atom stereocenters. The molecule has 0 radical (unpaired) electrons. The Morgan fingerprint density at radius 2 is 1.90 bits per heavy atom. The number of carbonyl (C=O) groups is 1. The smallest absolute Gasteiger partial charge is 0.318 e. The molecule has 2 aliphatic rings. The largest absolute Gasteiger partial charge is 0.356 e. The summed E-state index contributed by atoms with van der Waals surface area (Å²) in [5.74, 6) is 0. The standard InChI is InChI=1S/C24H26ClN3O/c1-15-6-8-16(9-7-15)23-22-19(20-14-17(25)10-11-21(20)27-22)12-13-28(23)24(29)26-18-4-2-3-5-18/h6-11,14,18,23,27H,2-5,12-13H2,1H3,(H,26,29)/t23-/m1/s1. The van der Waals surface area contributed by atoms with E-state index in [4.69, 9.17) is 11.6 Å². The molecule has 1 aliphatic carbocycles. The van der Waals surface area contributed by atoms with Crippen molar-refractivity contribution < 1.29 is 4.79 Å². The molecular formula is C24H26ClN3O. The van der Waals surface area contributed by atoms with Crippen molar-refractivity contribution in [3.05, 3.63) is 69.9 Å². The molecule has 0 unspecified atom stereocenters. The molecule has 1 saturated carbocycles. The first-order valence-electron chi connectivity index (χ1n) is 10.5. The number of aromatic amines is 1. The zero-order valence-corrected chi connectivity index (χ0v) is 17.4. The average Bonchev–Trinajstić information content (AvgIpc) is 3.35. The normalized spacial score (nSPS) is 19.5. The van der Waals surface area contributed by atoms with Crippen LogP contribution in [0.1, 0.15) is 54.1 Å². The highest BCUT2D eigenvalue weighted by atomic mass is 35.5. The number of H-pyrrole nitrogens is 1. The maximum Gasteiger partial charge on any atom is 0.318 e. The first kappa shape index (κ1) is 18.6. The number of aryl methyl sites for hydroxylation is 1. The molecule has 1 aromatic heterocycles. The topological polar surface area (TPSA) is 48.1 Å². The van der Waals surface area contributed by atoms with Gasteiger partial charge in [0, 0.05) is 34.2 Å². The lowest BCUT2D eigenvalue weighted by atomic mass is 9.92. The van der Waals surface area contributed by atoms with Crippen LogP contribution < -0.4 is 5.32 Å². The van der Waals surface area contributed by atoms with Crippen molar-refractivity contribution in [1.29, 1.82) is 0 Å². The molecule has 1 fully saturated rings. The van der Waals surface area contributed by atoms with Gasteiger partial charge in [-0.1, -0.05) is 54.3 Å². The molecule has 3 aromatic rings. The third-order valence-corrected chi connectivity index (χ3v) is 6.66. The highest BCUT2D eigenvalue weighted by molar-refractivity contribution is 6.31. The van der Waals surface area contributed by atoms with Crippen LogP contribution in [0.15, 0.2) is 42.5 Å². The highest BCUT2D eigenvalue weighted by Gasteiger charge is 2.35. The van der Waals surface area contributed by atoms with Crippen molar-refractivity contribution in [2.45, 2.75) is 51.1 Å². The zero-order valence-electron chi connectivity index (χ0n) is 16.7. The lowest BCUT2D eigenvalue weighted by Crippen LogP contribution is -2.48. The monoisotopic (exact) mass is 407 g/mol. The second kappa shape index (κ2) is 7.42. The van der Waals surface area contributed by atoms with Crippen molar-refractivity contribution in [3.8, 4) is 0 Å². The van der Waals surface area contributed by atoms with E-state index >= 15 is 0 Å². The van der Waals surface area contributed by atoms with E-state index in [2.05, 4.69) is 41.5 Å². The maximum atomic E-state index is 13.3. The van der Waals surface area contributed by atoms with Crippen LogP contribution in [0.3, 0.4) is 0 Å². The number of carbonyl (C=O) groups excluding carboxylic acids is 1. The number of hydrogen-bond acceptors (Lipinski definition) is 1. The molecule has 0 saturated heterocycles. The Labute approximate surface area is 176 Å². The summed E-state index contributed by atoms with van der Waals surface area (Å²) in [5, 5.41) is 5.20. The summed E-state index contributed by atoms with van der Waals surface area (Å²) in [7, 11) is 0. The Balaban J connectivity index is 1.58. The van der Waals surface area contributed by atoms with Crippen LogP contribution in [0.5, 0.6) is 0 Å². The lowest BCUT2D eigenvalue weighted by molar-refractivity contribution is 0.175. The minimum absolute atomic E-state index is 0.0461. The molecule has 4 nitrogen and oxygen atoms in total. The number of urea groups is 1. The molecule has 0 bridgehead atoms. The Hall–Kier alpha value is -2.46. The third-order valence-electron chi connectivity index (χ3n) is 6.43. The van der Waals surface area contributed by atoms with Crippen LogP contribution in [-0.4, -0.2) is 28.5 Å². The van der Waals surface area contributed by atoms with Gasteiger partial charge < -0.3 is 15.2 Å². The summed E-state index contributed by atoms with van der Waals surface area (Å²) in [4.78, 5) is 18.9. The fraction of sp³-hybridized carbons (Fsp3) is 0.375. The molecule has 5 heteroatoms. The van der Waals surface area contributed by atoms with Gasteiger partial charge in [0.15, 0.2) is 0 Å². The van der Waals surface area contributed by atoms with Crippen molar-refractivity contribution in [2.24, 2.45) is 0 Å². The third kappa shape index (κ3) is 3.40. The summed E-state index contributed by atoms with van der Waals surface area (Å²) in [5.41, 5.74) is 5.82. The summed E-state index contributed by atoms with van der Waals surface area (Å²) < 4.78 is 0. The van der Waals surface area contributed by atoms with Gasteiger partial charge in [-0.3, -0.25) is 0 Å². The van der Waals surface area contributed by atoms with Gasteiger partial charge in [-0.25, -0.2) is 4.79 Å². The predicted molar refractivity (Wildman–Crippen MR) is 118 cm³/mol. The summed E-state index contributed by atoms with van der Waals surface area (Å²) in [6, 6.07) is 14.7. The Kier molecular flexibility index (Phi) is 4.75. The molecule has 5 rings (SSSR count). The quantitative estimate of drug-likeness (QED) is 0.560. The Bertz CT molecular complexity index is 1050. The van der Waals surface area contributed by atoms with Crippen molar-refractivity contribution in [3.63, 3.8) is 0 Å². The maximum absolute atomic E-state index is 13.3. The second-order valence-electron chi connectivity index (χ2n) is 8.39. The number of halogens is 1. The number of nitrogens with one attached hydrogen (secondary N) is 2. The molecule has 29 heavy (non-hydrogen) atoms. The minimum Gasteiger partial charge on any atom is -0.356 e. The SMILES string of the molecule is Cc1ccc([C@@H]2c3[nH]c4ccc(Cl)cc4c3CCN2C(=O)NC2CCCC2)cc1. The van der Waals surface area contributed by atoms with Crippen LogP contribution in [0.25, 0.3) is 10.9 Å². The van der Waals surface area contributed by atoms with E-state index in [1.54, 1.807) is 0 Å². The van der Waals surface area contributed by atoms with E-state index < -0.39 is 0 Å². The van der Waals surface area contributed by atoms with Gasteiger partial charge in [0.2, 0.25) is 0 Å². The van der Waals surface area contributed by atoms with Crippen LogP contribution in [-0.2, 0) is 6.42 Å². The molecule has 2 heterocycles. The second-order valence-corrected chi connectivity index (χ2v) is 8.83. The van der Waals surface area contributed by atoms with Crippen molar-refractivity contribution in [2.75, 3.05) is 6.54 Å². The average molecular weight is 408 g/mol. The van der Waals surface area contributed by atoms with E-state index in [0.29, 0.717) is 12.6 Å². The first-order valence-corrected chi connectivity index (χ1v) is 10.9. The van der Waals surface area contributed by atoms with Crippen molar-refractivity contribution in [1.82, 2.24) is 15.2 Å². The molecule has 2 amide bonds. The Morgan fingerprint density at radius 3 is 2.66 bits per heavy atom. The van der Waals surface area contributed by atoms with Crippen LogP contribution in [0.4, 0.5) is 4.79 Å². The van der Waals surface area contributed by atoms with E-state index in [9.17, 15) is 4.79 Å². The van der Waals surface area contributed by atoms with Gasteiger partial charge in [-0.05, 0) is 55.5 Å². The molecule has 150 valence electrons. The number of benzene rings is 2. The van der Waals surface area contributed by atoms with Crippen molar-refractivity contribution >= 4 is 28.5 Å². The fourth-order valence-corrected chi connectivity index (χ4v) is 5.07. The van der Waals surface area contributed by atoms with Gasteiger partial charge in [-0.2, -0.15) is 0 Å². The van der Waals surface area contributed by atoms with E-state index in [1.165, 1.54) is 29.4 Å². The minimum atomic E-state index is -0.119. The van der Waals surface area contributed by atoms with Gasteiger partial charge >= 0.3 is 6.03 Å². The zero-order chi connectivity index (χ0) is 20.0. The number of rotatable bonds is 2. The summed E-state index contributed by atoms with van der Waals surface area (Å²) in [6.45, 7) is 2.79. The fourth-order valence-electron chi connectivity index (χ4n) is 4.90. The predicted octanol–water partition coefficient (Wildman–Crippen LogP) is 5.73. The number of amides is 2. The van der Waals surface area contributed by atoms with Gasteiger partial charge in [0.1, 0.15) is 0 Å². The van der Waals surface area contributed by atoms with Gasteiger partial charge in [-0.15, -0.1) is 0 Å². The van der Waals surface area contributed by atoms with Gasteiger partial charge in [0.25, 0.3) is 0 Å². The van der Waals surface area contributed by atoms with Crippen LogP contribution in [0, 0.1) is 6.92 Å². The molecule has 2 N–H and O–H groups in total. The lowest BCUT2D eigenvalue weighted by Gasteiger charge is -2.37. The molecule has 1 aliphatic heterocycles. The molecule has 2 aromatic carbocycles. The Morgan fingerprint density at radius 1 is 1.14 bits per heavy atom. The molecule has 0 spiro atoms. The number of nitrogens with zero attached hydrogens (tertiary/aromatic N) is 1. The van der Waals surface area contributed by atoms with Gasteiger partial charge in [0.05, 0.1) is 6.04 Å². The first-order chi connectivity index (χ1) is 14.1. The van der Waals surface area contributed by atoms with E-state index in [0.717, 1.165) is 41.1 Å². The number of aromatic nitrogens is 1. The van der Waals surface area contributed by atoms with E-state index in [-0.39, 0.29) is 12.1 Å². The highest BCUT2D eigenvalue weighted by Crippen LogP contribution is 2.39. The van der Waals surface area contributed by atoms with Crippen LogP contribution in [0.2, 0.25) is 5.02 Å². The molecular weight excluding hydrogens is 382 g/mol. The summed E-state index contributed by atoms with van der Waals surface area (Å²) in [6.07, 6.45) is 5.42. The number of fused-ring (bicyclic) bond motifs is 3. The number of hydrogen-bond donors (Lipinski definition) is 2.